The van der Waals surface area contributed by atoms with E-state index in [1.54, 1.807) is 0 Å². The lowest BCUT2D eigenvalue weighted by Gasteiger charge is -2.58. The van der Waals surface area contributed by atoms with Crippen LogP contribution < -0.4 is 0 Å². The van der Waals surface area contributed by atoms with Gasteiger partial charge in [0.15, 0.2) is 0 Å². The summed E-state index contributed by atoms with van der Waals surface area (Å²) in [5.41, 5.74) is 4.10. The molecule has 1 atom stereocenters. The second kappa shape index (κ2) is 7.11. The zero-order valence-corrected chi connectivity index (χ0v) is 18.1. The summed E-state index contributed by atoms with van der Waals surface area (Å²) in [7, 11) is 0. The topological polar surface area (TPSA) is 73.4 Å². The number of fused-ring (bicyclic) bond motifs is 3. The lowest BCUT2D eigenvalue weighted by Crippen LogP contribution is -2.49. The van der Waals surface area contributed by atoms with E-state index >= 15 is 0 Å². The molecule has 2 heterocycles. The van der Waals surface area contributed by atoms with Crippen molar-refractivity contribution in [2.24, 2.45) is 23.2 Å². The number of aromatic amines is 1. The maximum Gasteiger partial charge on any atom is 0.303 e. The van der Waals surface area contributed by atoms with Crippen LogP contribution in [0.2, 0.25) is 0 Å². The fraction of sp³-hybridized carbons (Fsp3) is 0.615. The Morgan fingerprint density at radius 3 is 2.39 bits per heavy atom. The van der Waals surface area contributed by atoms with Gasteiger partial charge in [0.1, 0.15) is 0 Å². The number of benzene rings is 1. The van der Waals surface area contributed by atoms with Crippen LogP contribution in [0.15, 0.2) is 24.3 Å². The summed E-state index contributed by atoms with van der Waals surface area (Å²) in [6.07, 6.45) is 10.1. The molecule has 1 aliphatic heterocycles. The molecule has 2 aromatic rings. The Morgan fingerprint density at radius 1 is 1.03 bits per heavy atom. The van der Waals surface area contributed by atoms with Gasteiger partial charge in [-0.2, -0.15) is 0 Å². The van der Waals surface area contributed by atoms with Gasteiger partial charge in [0.05, 0.1) is 12.5 Å². The summed E-state index contributed by atoms with van der Waals surface area (Å²) >= 11 is 0. The van der Waals surface area contributed by atoms with Gasteiger partial charge in [-0.25, -0.2) is 0 Å². The molecule has 4 bridgehead atoms. The normalized spacial score (nSPS) is 33.6. The van der Waals surface area contributed by atoms with Gasteiger partial charge in [-0.3, -0.25) is 9.59 Å². The molecule has 4 fully saturated rings. The minimum atomic E-state index is -0.894. The predicted molar refractivity (Wildman–Crippen MR) is 119 cm³/mol. The Labute approximate surface area is 183 Å². The van der Waals surface area contributed by atoms with E-state index in [-0.39, 0.29) is 24.8 Å². The molecule has 0 radical (unpaired) electrons. The number of hydrogen-bond acceptors (Lipinski definition) is 2. The number of para-hydroxylation sites is 1. The maximum atomic E-state index is 13.2. The van der Waals surface area contributed by atoms with Crippen LogP contribution in [0, 0.1) is 23.2 Å². The molecule has 0 unspecified atom stereocenters. The number of carboxylic acids is 1. The van der Waals surface area contributed by atoms with E-state index in [1.165, 1.54) is 55.2 Å². The number of carbonyl (C=O) groups excluding carboxylic acids is 1. The zero-order valence-electron chi connectivity index (χ0n) is 18.1. The average molecular weight is 421 g/mol. The van der Waals surface area contributed by atoms with Crippen molar-refractivity contribution in [3.8, 4) is 0 Å². The Bertz CT molecular complexity index is 1000. The fourth-order valence-electron chi connectivity index (χ4n) is 8.14. The van der Waals surface area contributed by atoms with Crippen molar-refractivity contribution in [2.75, 3.05) is 6.54 Å². The zero-order chi connectivity index (χ0) is 21.2. The molecule has 2 N–H and O–H groups in total. The van der Waals surface area contributed by atoms with Gasteiger partial charge in [-0.1, -0.05) is 18.2 Å². The van der Waals surface area contributed by atoms with Crippen LogP contribution in [-0.4, -0.2) is 33.4 Å². The van der Waals surface area contributed by atoms with Gasteiger partial charge < -0.3 is 15.0 Å². The second-order valence-electron chi connectivity index (χ2n) is 10.9. The van der Waals surface area contributed by atoms with E-state index in [0.29, 0.717) is 12.0 Å². The van der Waals surface area contributed by atoms with E-state index in [9.17, 15) is 9.59 Å². The number of aromatic nitrogens is 1. The van der Waals surface area contributed by atoms with Crippen LogP contribution in [0.4, 0.5) is 0 Å². The molecule has 4 aliphatic carbocycles. The minimum Gasteiger partial charge on any atom is -0.481 e. The molecule has 4 saturated carbocycles. The van der Waals surface area contributed by atoms with Crippen molar-refractivity contribution >= 4 is 22.8 Å². The van der Waals surface area contributed by atoms with Gasteiger partial charge in [-0.15, -0.1) is 0 Å². The first-order chi connectivity index (χ1) is 15.0. The smallest absolute Gasteiger partial charge is 0.303 e. The van der Waals surface area contributed by atoms with Crippen LogP contribution in [0.25, 0.3) is 10.9 Å². The molecule has 5 nitrogen and oxygen atoms in total. The van der Waals surface area contributed by atoms with E-state index in [4.69, 9.17) is 5.11 Å². The van der Waals surface area contributed by atoms with E-state index in [2.05, 4.69) is 29.2 Å². The Morgan fingerprint density at radius 2 is 1.71 bits per heavy atom. The third kappa shape index (κ3) is 3.28. The highest BCUT2D eigenvalue weighted by molar-refractivity contribution is 5.86. The number of hydrogen-bond donors (Lipinski definition) is 2. The van der Waals surface area contributed by atoms with Gasteiger partial charge in [0.25, 0.3) is 0 Å². The molecule has 0 saturated heterocycles. The molecule has 5 aliphatic rings. The first kappa shape index (κ1) is 19.4. The fourth-order valence-corrected chi connectivity index (χ4v) is 8.14. The average Bonchev–Trinajstić information content (AvgIpc) is 3.10. The van der Waals surface area contributed by atoms with Crippen molar-refractivity contribution < 1.29 is 14.7 Å². The highest BCUT2D eigenvalue weighted by atomic mass is 16.4. The van der Waals surface area contributed by atoms with Gasteiger partial charge in [-0.05, 0) is 86.2 Å². The molecular weight excluding hydrogens is 388 g/mol. The van der Waals surface area contributed by atoms with E-state index < -0.39 is 5.97 Å². The summed E-state index contributed by atoms with van der Waals surface area (Å²) in [5.74, 6) is 1.75. The standard InChI is InChI=1S/C26H32N2O3/c29-23(5-6-24(30)31)28-8-7-20-19-3-1-2-4-21(19)27-25(20)22(28)15-26-12-16-9-17(13-26)11-18(10-16)14-26/h1-4,16-18,22,27H,5-15H2,(H,30,31)/t16?,17?,18?,22-,26?/m1/s1. The number of H-pyrrole nitrogens is 1. The quantitative estimate of drug-likeness (QED) is 0.710. The largest absolute Gasteiger partial charge is 0.481 e. The Kier molecular flexibility index (Phi) is 4.45. The predicted octanol–water partition coefficient (Wildman–Crippen LogP) is 5.07. The SMILES string of the molecule is O=C(O)CCC(=O)N1CCc2c([nH]c3ccccc23)[C@H]1CC12CC3CC(CC(C3)C1)C2. The van der Waals surface area contributed by atoms with Crippen molar-refractivity contribution in [3.05, 3.63) is 35.5 Å². The number of amides is 1. The van der Waals surface area contributed by atoms with E-state index in [0.717, 1.165) is 36.1 Å². The monoisotopic (exact) mass is 420 g/mol. The third-order valence-electron chi connectivity index (χ3n) is 8.82. The van der Waals surface area contributed by atoms with Crippen molar-refractivity contribution in [1.82, 2.24) is 9.88 Å². The molecule has 0 spiro atoms. The number of carboxylic acid groups (broad SMARTS) is 1. The molecule has 1 aromatic heterocycles. The number of aliphatic carboxylic acids is 1. The second-order valence-corrected chi connectivity index (χ2v) is 10.9. The molecule has 31 heavy (non-hydrogen) atoms. The highest BCUT2D eigenvalue weighted by Gasteiger charge is 2.52. The highest BCUT2D eigenvalue weighted by Crippen LogP contribution is 2.63. The first-order valence-electron chi connectivity index (χ1n) is 12.1. The van der Waals surface area contributed by atoms with E-state index in [1.807, 2.05) is 4.90 Å². The van der Waals surface area contributed by atoms with Crippen molar-refractivity contribution in [2.45, 2.75) is 70.3 Å². The summed E-state index contributed by atoms with van der Waals surface area (Å²) in [6, 6.07) is 8.53. The Balaban J connectivity index is 1.36. The number of rotatable bonds is 5. The lowest BCUT2D eigenvalue weighted by molar-refractivity contribution is -0.143. The number of nitrogens with zero attached hydrogens (tertiary/aromatic N) is 1. The van der Waals surface area contributed by atoms with Crippen molar-refractivity contribution in [3.63, 3.8) is 0 Å². The number of nitrogens with one attached hydrogen (secondary N) is 1. The Hall–Kier alpha value is -2.30. The molecule has 1 amide bonds. The molecule has 1 aromatic carbocycles. The van der Waals surface area contributed by atoms with Gasteiger partial charge in [0.2, 0.25) is 5.91 Å². The maximum absolute atomic E-state index is 13.2. The molecular formula is C26H32N2O3. The molecule has 5 heteroatoms. The molecule has 7 rings (SSSR count). The lowest BCUT2D eigenvalue weighted by atomic mass is 9.48. The summed E-state index contributed by atoms with van der Waals surface area (Å²) < 4.78 is 0. The first-order valence-corrected chi connectivity index (χ1v) is 12.1. The summed E-state index contributed by atoms with van der Waals surface area (Å²) in [4.78, 5) is 30.0. The molecule has 164 valence electrons. The van der Waals surface area contributed by atoms with Crippen LogP contribution in [0.3, 0.4) is 0 Å². The van der Waals surface area contributed by atoms with Gasteiger partial charge >= 0.3 is 5.97 Å². The third-order valence-corrected chi connectivity index (χ3v) is 8.82. The van der Waals surface area contributed by atoms with Crippen LogP contribution in [-0.2, 0) is 16.0 Å². The number of carbonyl (C=O) groups is 2. The van der Waals surface area contributed by atoms with Crippen LogP contribution >= 0.6 is 0 Å². The van der Waals surface area contributed by atoms with Crippen molar-refractivity contribution in [1.29, 1.82) is 0 Å². The van der Waals surface area contributed by atoms with Crippen LogP contribution in [0.5, 0.6) is 0 Å². The van der Waals surface area contributed by atoms with Crippen LogP contribution in [0.1, 0.15) is 75.1 Å². The minimum absolute atomic E-state index is 0.00133. The summed E-state index contributed by atoms with van der Waals surface area (Å²) in [6.45, 7) is 0.699. The van der Waals surface area contributed by atoms with Gasteiger partial charge in [0, 0.05) is 29.6 Å². The summed E-state index contributed by atoms with van der Waals surface area (Å²) in [5, 5.41) is 10.4.